The van der Waals surface area contributed by atoms with E-state index in [0.717, 1.165) is 32.4 Å². The molecular weight excluding hydrogens is 260 g/mol. The fraction of sp³-hybridized carbons (Fsp3) is 0.944. The zero-order valence-corrected chi connectivity index (χ0v) is 13.9. The molecule has 1 amide bonds. The summed E-state index contributed by atoms with van der Waals surface area (Å²) in [5.74, 6) is 1.24. The molecule has 122 valence electrons. The van der Waals surface area contributed by atoms with Crippen molar-refractivity contribution in [2.45, 2.75) is 83.6 Å². The fourth-order valence-electron chi connectivity index (χ4n) is 4.36. The molecule has 0 aromatic heterocycles. The van der Waals surface area contributed by atoms with Gasteiger partial charge in [0.05, 0.1) is 0 Å². The Hall–Kier alpha value is -0.570. The van der Waals surface area contributed by atoms with Crippen LogP contribution < -0.4 is 5.73 Å². The topological polar surface area (TPSA) is 46.3 Å². The number of hydrogen-bond acceptors (Lipinski definition) is 2. The summed E-state index contributed by atoms with van der Waals surface area (Å²) in [7, 11) is 0. The van der Waals surface area contributed by atoms with Crippen LogP contribution in [0.3, 0.4) is 0 Å². The van der Waals surface area contributed by atoms with Crippen molar-refractivity contribution < 1.29 is 4.79 Å². The molecule has 0 aromatic rings. The molecule has 2 aliphatic rings. The summed E-state index contributed by atoms with van der Waals surface area (Å²) in [5.41, 5.74) is 5.97. The van der Waals surface area contributed by atoms with E-state index in [9.17, 15) is 4.79 Å². The summed E-state index contributed by atoms with van der Waals surface area (Å²) in [4.78, 5) is 15.2. The molecule has 0 heterocycles. The zero-order valence-electron chi connectivity index (χ0n) is 13.9. The molecule has 0 radical (unpaired) electrons. The predicted octanol–water partition coefficient (Wildman–Crippen LogP) is 3.71. The van der Waals surface area contributed by atoms with Crippen molar-refractivity contribution in [1.29, 1.82) is 0 Å². The fourth-order valence-corrected chi connectivity index (χ4v) is 4.36. The van der Waals surface area contributed by atoms with Gasteiger partial charge in [0.1, 0.15) is 0 Å². The minimum absolute atomic E-state index is 0.283. The molecule has 0 aliphatic heterocycles. The zero-order chi connectivity index (χ0) is 15.1. The van der Waals surface area contributed by atoms with E-state index < -0.39 is 0 Å². The highest BCUT2D eigenvalue weighted by Crippen LogP contribution is 2.31. The Morgan fingerprint density at radius 1 is 0.952 bits per heavy atom. The van der Waals surface area contributed by atoms with Gasteiger partial charge in [-0.2, -0.15) is 0 Å². The number of hydrogen-bond donors (Lipinski definition) is 1. The van der Waals surface area contributed by atoms with Crippen LogP contribution in [0, 0.1) is 11.8 Å². The van der Waals surface area contributed by atoms with Crippen LogP contribution >= 0.6 is 0 Å². The quantitative estimate of drug-likeness (QED) is 0.859. The lowest BCUT2D eigenvalue weighted by molar-refractivity contribution is -0.140. The highest BCUT2D eigenvalue weighted by atomic mass is 16.2. The lowest BCUT2D eigenvalue weighted by Crippen LogP contribution is -2.50. The van der Waals surface area contributed by atoms with Crippen LogP contribution in [-0.2, 0) is 4.79 Å². The van der Waals surface area contributed by atoms with Crippen molar-refractivity contribution >= 4 is 5.91 Å². The molecule has 2 aliphatic carbocycles. The van der Waals surface area contributed by atoms with Crippen LogP contribution in [0.15, 0.2) is 0 Å². The van der Waals surface area contributed by atoms with Crippen LogP contribution in [-0.4, -0.2) is 29.9 Å². The van der Waals surface area contributed by atoms with Crippen LogP contribution in [0.5, 0.6) is 0 Å². The summed E-state index contributed by atoms with van der Waals surface area (Å²) >= 11 is 0. The molecule has 2 N–H and O–H groups in total. The number of carbonyl (C=O) groups excluding carboxylic acids is 1. The van der Waals surface area contributed by atoms with Gasteiger partial charge in [-0.1, -0.05) is 44.9 Å². The molecule has 2 atom stereocenters. The highest BCUT2D eigenvalue weighted by Gasteiger charge is 2.34. The first-order chi connectivity index (χ1) is 10.3. The Morgan fingerprint density at radius 2 is 1.52 bits per heavy atom. The van der Waals surface area contributed by atoms with E-state index in [1.165, 1.54) is 51.4 Å². The second-order valence-electron chi connectivity index (χ2n) is 7.01. The van der Waals surface area contributed by atoms with Crippen molar-refractivity contribution in [1.82, 2.24) is 4.90 Å². The van der Waals surface area contributed by atoms with Crippen LogP contribution in [0.4, 0.5) is 0 Å². The lowest BCUT2D eigenvalue weighted by Gasteiger charge is -2.41. The van der Waals surface area contributed by atoms with Gasteiger partial charge in [0.15, 0.2) is 0 Å². The van der Waals surface area contributed by atoms with Gasteiger partial charge in [-0.3, -0.25) is 4.79 Å². The van der Waals surface area contributed by atoms with E-state index in [2.05, 4.69) is 11.8 Å². The first-order valence-electron chi connectivity index (χ1n) is 9.28. The van der Waals surface area contributed by atoms with Gasteiger partial charge in [0.2, 0.25) is 5.91 Å². The van der Waals surface area contributed by atoms with Crippen molar-refractivity contribution in [3.8, 4) is 0 Å². The van der Waals surface area contributed by atoms with E-state index >= 15 is 0 Å². The highest BCUT2D eigenvalue weighted by molar-refractivity contribution is 5.79. The van der Waals surface area contributed by atoms with Crippen molar-refractivity contribution in [2.75, 3.05) is 13.1 Å². The number of amides is 1. The molecule has 21 heavy (non-hydrogen) atoms. The molecule has 0 aromatic carbocycles. The molecule has 2 unspecified atom stereocenters. The summed E-state index contributed by atoms with van der Waals surface area (Å²) < 4.78 is 0. The Labute approximate surface area is 130 Å². The van der Waals surface area contributed by atoms with Crippen LogP contribution in [0.2, 0.25) is 0 Å². The average Bonchev–Trinajstić information content (AvgIpc) is 2.48. The summed E-state index contributed by atoms with van der Waals surface area (Å²) in [6.45, 7) is 3.73. The molecule has 2 saturated carbocycles. The lowest BCUT2D eigenvalue weighted by atomic mass is 9.82. The molecule has 0 saturated heterocycles. The van der Waals surface area contributed by atoms with Crippen LogP contribution in [0.1, 0.15) is 77.6 Å². The Morgan fingerprint density at radius 3 is 2.14 bits per heavy atom. The van der Waals surface area contributed by atoms with E-state index in [1.54, 1.807) is 0 Å². The Kier molecular flexibility index (Phi) is 7.01. The normalized spacial score (nSPS) is 28.7. The largest absolute Gasteiger partial charge is 0.339 e. The van der Waals surface area contributed by atoms with E-state index in [4.69, 9.17) is 5.73 Å². The third kappa shape index (κ3) is 4.45. The standard InChI is InChI=1S/C18H34N2O/c1-2-20(17-13-9-8-12-16(17)14-19)18(21)15-10-6-4-3-5-7-11-15/h15-17H,2-14,19H2,1H3. The van der Waals surface area contributed by atoms with Crippen molar-refractivity contribution in [3.63, 3.8) is 0 Å². The van der Waals surface area contributed by atoms with Gasteiger partial charge in [-0.15, -0.1) is 0 Å². The molecule has 3 nitrogen and oxygen atoms in total. The molecule has 2 rings (SSSR count). The van der Waals surface area contributed by atoms with E-state index in [0.29, 0.717) is 17.9 Å². The minimum atomic E-state index is 0.283. The molecule has 0 spiro atoms. The Balaban J connectivity index is 2.01. The predicted molar refractivity (Wildman–Crippen MR) is 88.0 cm³/mol. The molecule has 2 fully saturated rings. The maximum atomic E-state index is 13.0. The van der Waals surface area contributed by atoms with Crippen molar-refractivity contribution in [3.05, 3.63) is 0 Å². The van der Waals surface area contributed by atoms with Crippen LogP contribution in [0.25, 0.3) is 0 Å². The monoisotopic (exact) mass is 294 g/mol. The SMILES string of the molecule is CCN(C(=O)C1CCCCCCC1)C1CCCCC1CN. The van der Waals surface area contributed by atoms with Gasteiger partial charge in [-0.25, -0.2) is 0 Å². The number of rotatable bonds is 4. The van der Waals surface area contributed by atoms with Gasteiger partial charge < -0.3 is 10.6 Å². The molecule has 3 heteroatoms. The van der Waals surface area contributed by atoms with Gasteiger partial charge >= 0.3 is 0 Å². The second-order valence-corrected chi connectivity index (χ2v) is 7.01. The maximum absolute atomic E-state index is 13.0. The van der Waals surface area contributed by atoms with Crippen molar-refractivity contribution in [2.24, 2.45) is 17.6 Å². The molecule has 0 bridgehead atoms. The summed E-state index contributed by atoms with van der Waals surface area (Å²) in [6.07, 6.45) is 13.6. The third-order valence-corrected chi connectivity index (χ3v) is 5.65. The van der Waals surface area contributed by atoms with Gasteiger partial charge in [-0.05, 0) is 45.1 Å². The summed E-state index contributed by atoms with van der Waals surface area (Å²) in [5, 5.41) is 0. The smallest absolute Gasteiger partial charge is 0.225 e. The number of nitrogens with two attached hydrogens (primary N) is 1. The number of nitrogens with zero attached hydrogens (tertiary/aromatic N) is 1. The molecular formula is C18H34N2O. The maximum Gasteiger partial charge on any atom is 0.225 e. The third-order valence-electron chi connectivity index (χ3n) is 5.65. The first kappa shape index (κ1) is 16.8. The van der Waals surface area contributed by atoms with E-state index in [1.807, 2.05) is 0 Å². The first-order valence-corrected chi connectivity index (χ1v) is 9.28. The Bertz CT molecular complexity index is 310. The second kappa shape index (κ2) is 8.77. The summed E-state index contributed by atoms with van der Waals surface area (Å²) in [6, 6.07) is 0.409. The minimum Gasteiger partial charge on any atom is -0.339 e. The van der Waals surface area contributed by atoms with Gasteiger partial charge in [0.25, 0.3) is 0 Å². The average molecular weight is 294 g/mol. The number of carbonyl (C=O) groups is 1. The van der Waals surface area contributed by atoms with E-state index in [-0.39, 0.29) is 5.92 Å². The van der Waals surface area contributed by atoms with Gasteiger partial charge in [0, 0.05) is 18.5 Å².